The van der Waals surface area contributed by atoms with Gasteiger partial charge in [-0.25, -0.2) is 4.79 Å². The molecule has 1 aliphatic rings. The molecule has 3 rings (SSSR count). The van der Waals surface area contributed by atoms with Crippen molar-refractivity contribution in [3.05, 3.63) is 54.6 Å². The average Bonchev–Trinajstić information content (AvgIpc) is 2.78. The Balaban J connectivity index is 1.55. The molecule has 7 nitrogen and oxygen atoms in total. The van der Waals surface area contributed by atoms with E-state index in [1.54, 1.807) is 36.3 Å². The van der Waals surface area contributed by atoms with Crippen LogP contribution < -0.4 is 20.3 Å². The largest absolute Gasteiger partial charge is 0.497 e. The number of nitrogens with one attached hydrogen (secondary N) is 2. The quantitative estimate of drug-likeness (QED) is 0.767. The summed E-state index contributed by atoms with van der Waals surface area (Å²) in [6.07, 6.45) is 0. The lowest BCUT2D eigenvalue weighted by molar-refractivity contribution is -0.118. The van der Waals surface area contributed by atoms with E-state index in [1.165, 1.54) is 0 Å². The molecule has 0 saturated carbocycles. The van der Waals surface area contributed by atoms with Crippen LogP contribution in [0.25, 0.3) is 0 Å². The molecule has 1 saturated heterocycles. The molecule has 0 aliphatic carbocycles. The van der Waals surface area contributed by atoms with Gasteiger partial charge >= 0.3 is 6.03 Å². The molecule has 0 unspecified atom stereocenters. The number of carbonyl (C=O) groups is 2. The maximum absolute atomic E-state index is 12.8. The molecule has 7 heteroatoms. The van der Waals surface area contributed by atoms with Crippen molar-refractivity contribution in [1.82, 2.24) is 10.2 Å². The van der Waals surface area contributed by atoms with Crippen LogP contribution in [0.2, 0.25) is 0 Å². The van der Waals surface area contributed by atoms with E-state index in [0.29, 0.717) is 18.8 Å². The van der Waals surface area contributed by atoms with Crippen LogP contribution in [0.5, 0.6) is 5.75 Å². The summed E-state index contributed by atoms with van der Waals surface area (Å²) in [6.45, 7) is 6.61. The molecule has 30 heavy (non-hydrogen) atoms. The van der Waals surface area contributed by atoms with Crippen LogP contribution in [0.3, 0.4) is 0 Å². The van der Waals surface area contributed by atoms with E-state index in [4.69, 9.17) is 4.74 Å². The van der Waals surface area contributed by atoms with Gasteiger partial charge in [0.15, 0.2) is 0 Å². The molecule has 1 aliphatic heterocycles. The van der Waals surface area contributed by atoms with Crippen LogP contribution in [-0.4, -0.2) is 56.2 Å². The van der Waals surface area contributed by atoms with Crippen molar-refractivity contribution >= 4 is 23.3 Å². The molecule has 1 heterocycles. The number of hydrogen-bond acceptors (Lipinski definition) is 4. The van der Waals surface area contributed by atoms with E-state index in [2.05, 4.69) is 27.7 Å². The second kappa shape index (κ2) is 10.0. The van der Waals surface area contributed by atoms with Gasteiger partial charge < -0.3 is 25.2 Å². The van der Waals surface area contributed by atoms with Gasteiger partial charge in [0.2, 0.25) is 5.91 Å². The van der Waals surface area contributed by atoms with E-state index >= 15 is 0 Å². The summed E-state index contributed by atoms with van der Waals surface area (Å²) in [4.78, 5) is 29.6. The zero-order valence-electron chi connectivity index (χ0n) is 17.8. The second-order valence-electron chi connectivity index (χ2n) is 7.70. The molecule has 0 aromatic heterocycles. The minimum Gasteiger partial charge on any atom is -0.497 e. The van der Waals surface area contributed by atoms with E-state index in [9.17, 15) is 9.59 Å². The third-order valence-corrected chi connectivity index (χ3v) is 5.27. The number of benzene rings is 2. The number of para-hydroxylation sites is 1. The number of carbonyl (C=O) groups excluding carboxylic acids is 2. The van der Waals surface area contributed by atoms with Crippen molar-refractivity contribution in [2.75, 3.05) is 43.5 Å². The Morgan fingerprint density at radius 3 is 2.13 bits per heavy atom. The highest BCUT2D eigenvalue weighted by Gasteiger charge is 2.28. The number of piperazine rings is 1. The molecule has 160 valence electrons. The highest BCUT2D eigenvalue weighted by Crippen LogP contribution is 2.17. The average molecular weight is 411 g/mol. The lowest BCUT2D eigenvalue weighted by Gasteiger charge is -2.37. The standard InChI is InChI=1S/C23H30N4O3/c1-17(2)21(22(28)24-18-9-11-20(30-3)12-10-18)25-23(29)27-15-13-26(14-16-27)19-7-5-4-6-8-19/h4-12,17,21H,13-16H2,1-3H3,(H,24,28)(H,25,29)/t21-/m1/s1. The third kappa shape index (κ3) is 5.43. The highest BCUT2D eigenvalue weighted by atomic mass is 16.5. The normalized spacial score (nSPS) is 14.9. The lowest BCUT2D eigenvalue weighted by atomic mass is 10.0. The van der Waals surface area contributed by atoms with Gasteiger partial charge in [-0.2, -0.15) is 0 Å². The Labute approximate surface area is 178 Å². The van der Waals surface area contributed by atoms with Gasteiger partial charge in [-0.15, -0.1) is 0 Å². The first-order chi connectivity index (χ1) is 14.5. The van der Waals surface area contributed by atoms with Gasteiger partial charge in [-0.3, -0.25) is 4.79 Å². The summed E-state index contributed by atoms with van der Waals surface area (Å²) in [5.41, 5.74) is 1.83. The van der Waals surface area contributed by atoms with E-state index in [1.807, 2.05) is 32.0 Å². The van der Waals surface area contributed by atoms with Gasteiger partial charge in [0.1, 0.15) is 11.8 Å². The molecule has 2 aromatic carbocycles. The van der Waals surface area contributed by atoms with E-state index in [-0.39, 0.29) is 17.9 Å². The topological polar surface area (TPSA) is 73.9 Å². The van der Waals surface area contributed by atoms with Crippen molar-refractivity contribution in [3.63, 3.8) is 0 Å². The van der Waals surface area contributed by atoms with Gasteiger partial charge in [-0.1, -0.05) is 32.0 Å². The molecular weight excluding hydrogens is 380 g/mol. The number of anilines is 2. The Kier molecular flexibility index (Phi) is 7.17. The van der Waals surface area contributed by atoms with Crippen molar-refractivity contribution < 1.29 is 14.3 Å². The molecular formula is C23H30N4O3. The third-order valence-electron chi connectivity index (χ3n) is 5.27. The van der Waals surface area contributed by atoms with Gasteiger partial charge in [-0.05, 0) is 42.3 Å². The molecule has 0 spiro atoms. The minimum atomic E-state index is -0.619. The number of amides is 3. The fourth-order valence-electron chi connectivity index (χ4n) is 3.46. The first-order valence-electron chi connectivity index (χ1n) is 10.3. The van der Waals surface area contributed by atoms with Gasteiger partial charge in [0.05, 0.1) is 7.11 Å². The Bertz CT molecular complexity index is 831. The number of urea groups is 1. The van der Waals surface area contributed by atoms with E-state index < -0.39 is 6.04 Å². The van der Waals surface area contributed by atoms with Crippen LogP contribution in [0.15, 0.2) is 54.6 Å². The van der Waals surface area contributed by atoms with Crippen molar-refractivity contribution in [2.45, 2.75) is 19.9 Å². The van der Waals surface area contributed by atoms with Crippen molar-refractivity contribution in [3.8, 4) is 5.75 Å². The smallest absolute Gasteiger partial charge is 0.318 e. The summed E-state index contributed by atoms with van der Waals surface area (Å²) >= 11 is 0. The van der Waals surface area contributed by atoms with Crippen LogP contribution in [0.4, 0.5) is 16.2 Å². The Morgan fingerprint density at radius 1 is 0.933 bits per heavy atom. The molecule has 2 N–H and O–H groups in total. The maximum atomic E-state index is 12.8. The van der Waals surface area contributed by atoms with E-state index in [0.717, 1.165) is 24.5 Å². The number of methoxy groups -OCH3 is 1. The Hall–Kier alpha value is -3.22. The number of hydrogen-bond donors (Lipinski definition) is 2. The summed E-state index contributed by atoms with van der Waals surface area (Å²) in [7, 11) is 1.59. The predicted molar refractivity (Wildman–Crippen MR) is 119 cm³/mol. The molecule has 0 radical (unpaired) electrons. The molecule has 3 amide bonds. The molecule has 1 atom stereocenters. The zero-order valence-corrected chi connectivity index (χ0v) is 17.8. The number of ether oxygens (including phenoxy) is 1. The minimum absolute atomic E-state index is 0.0437. The zero-order chi connectivity index (χ0) is 21.5. The van der Waals surface area contributed by atoms with Crippen LogP contribution >= 0.6 is 0 Å². The van der Waals surface area contributed by atoms with Gasteiger partial charge in [0.25, 0.3) is 0 Å². The van der Waals surface area contributed by atoms with Crippen LogP contribution in [-0.2, 0) is 4.79 Å². The summed E-state index contributed by atoms with van der Waals surface area (Å²) in [5.74, 6) is 0.445. The molecule has 1 fully saturated rings. The highest BCUT2D eigenvalue weighted by molar-refractivity contribution is 5.97. The number of rotatable bonds is 6. The SMILES string of the molecule is COc1ccc(NC(=O)[C@H](NC(=O)N2CCN(c3ccccc3)CC2)C(C)C)cc1. The van der Waals surface area contributed by atoms with Crippen LogP contribution in [0, 0.1) is 5.92 Å². The summed E-state index contributed by atoms with van der Waals surface area (Å²) in [6, 6.07) is 16.5. The first-order valence-corrected chi connectivity index (χ1v) is 10.3. The fourth-order valence-corrected chi connectivity index (χ4v) is 3.46. The van der Waals surface area contributed by atoms with Crippen LogP contribution in [0.1, 0.15) is 13.8 Å². The van der Waals surface area contributed by atoms with Gasteiger partial charge in [0, 0.05) is 37.6 Å². The molecule has 2 aromatic rings. The monoisotopic (exact) mass is 410 g/mol. The summed E-state index contributed by atoms with van der Waals surface area (Å²) < 4.78 is 5.14. The van der Waals surface area contributed by atoms with Crippen molar-refractivity contribution in [1.29, 1.82) is 0 Å². The number of nitrogens with zero attached hydrogens (tertiary/aromatic N) is 2. The molecule has 0 bridgehead atoms. The fraction of sp³-hybridized carbons (Fsp3) is 0.391. The predicted octanol–water partition coefficient (Wildman–Crippen LogP) is 3.19. The lowest BCUT2D eigenvalue weighted by Crippen LogP contribution is -2.56. The second-order valence-corrected chi connectivity index (χ2v) is 7.70. The maximum Gasteiger partial charge on any atom is 0.318 e. The Morgan fingerprint density at radius 2 is 1.57 bits per heavy atom. The van der Waals surface area contributed by atoms with Crippen molar-refractivity contribution in [2.24, 2.45) is 5.92 Å². The summed E-state index contributed by atoms with van der Waals surface area (Å²) in [5, 5.41) is 5.79. The first kappa shape index (κ1) is 21.5.